The van der Waals surface area contributed by atoms with E-state index in [-0.39, 0.29) is 17.6 Å². The van der Waals surface area contributed by atoms with Crippen LogP contribution in [-0.4, -0.2) is 44.6 Å². The first kappa shape index (κ1) is 23.5. The number of nitro benzene ring substituents is 1. The number of esters is 1. The third kappa shape index (κ3) is 7.21. The van der Waals surface area contributed by atoms with E-state index in [4.69, 9.17) is 22.3 Å². The first-order chi connectivity index (χ1) is 13.0. The smallest absolute Gasteiger partial charge is 0.394 e. The average molecular weight is 417 g/mol. The van der Waals surface area contributed by atoms with Gasteiger partial charge in [0.15, 0.2) is 0 Å². The van der Waals surface area contributed by atoms with Crippen molar-refractivity contribution in [1.82, 2.24) is 9.55 Å². The molecule has 1 aromatic carbocycles. The highest BCUT2D eigenvalue weighted by Crippen LogP contribution is 2.29. The van der Waals surface area contributed by atoms with Crippen molar-refractivity contribution in [3.05, 3.63) is 34.1 Å². The number of hydrogen-bond acceptors (Lipinski definition) is 7. The Morgan fingerprint density at radius 2 is 1.96 bits per heavy atom. The van der Waals surface area contributed by atoms with Gasteiger partial charge in [-0.15, -0.1) is 0 Å². The molecule has 0 saturated heterocycles. The van der Waals surface area contributed by atoms with E-state index in [1.54, 1.807) is 13.0 Å². The van der Waals surface area contributed by atoms with Crippen molar-refractivity contribution in [3.8, 4) is 0 Å². The minimum absolute atomic E-state index is 0.0478. The molecule has 0 saturated carbocycles. The number of carbonyl (C=O) groups excluding carboxylic acids is 1. The van der Waals surface area contributed by atoms with Crippen molar-refractivity contribution < 1.29 is 32.0 Å². The Hall–Kier alpha value is -2.57. The second-order valence-corrected chi connectivity index (χ2v) is 6.75. The van der Waals surface area contributed by atoms with Gasteiger partial charge in [0.2, 0.25) is 0 Å². The number of hydrogen-bond donors (Lipinski definition) is 2. The summed E-state index contributed by atoms with van der Waals surface area (Å²) < 4.78 is 38.4. The van der Waals surface area contributed by atoms with Gasteiger partial charge in [-0.05, 0) is 25.8 Å². The SMILES string of the molecule is CCOC(=O)CCC(CC)c1nc2ccc([N+](=O)[O-])cc2n1C.O=S(=O)(O)O. The van der Waals surface area contributed by atoms with Crippen LogP contribution < -0.4 is 0 Å². The predicted molar refractivity (Wildman–Crippen MR) is 100 cm³/mol. The first-order valence-corrected chi connectivity index (χ1v) is 9.83. The fourth-order valence-corrected chi connectivity index (χ4v) is 2.72. The summed E-state index contributed by atoms with van der Waals surface area (Å²) in [5.41, 5.74) is 1.50. The van der Waals surface area contributed by atoms with E-state index in [0.717, 1.165) is 23.3 Å². The van der Waals surface area contributed by atoms with Crippen LogP contribution in [0.2, 0.25) is 0 Å². The normalized spacial score (nSPS) is 12.2. The number of aryl methyl sites for hydroxylation is 1. The van der Waals surface area contributed by atoms with Gasteiger partial charge in [0.05, 0.1) is 22.6 Å². The van der Waals surface area contributed by atoms with Crippen molar-refractivity contribution in [2.45, 2.75) is 39.0 Å². The molecule has 1 atom stereocenters. The number of fused-ring (bicyclic) bond motifs is 1. The van der Waals surface area contributed by atoms with Gasteiger partial charge in [-0.1, -0.05) is 6.92 Å². The summed E-state index contributed by atoms with van der Waals surface area (Å²) in [5, 5.41) is 10.9. The number of nitro groups is 1. The molecule has 1 aromatic heterocycles. The molecule has 0 aliphatic carbocycles. The maximum Gasteiger partial charge on any atom is 0.394 e. The summed E-state index contributed by atoms with van der Waals surface area (Å²) in [6, 6.07) is 4.65. The Morgan fingerprint density at radius 3 is 2.46 bits per heavy atom. The number of imidazole rings is 1. The lowest BCUT2D eigenvalue weighted by molar-refractivity contribution is -0.384. The monoisotopic (exact) mass is 417 g/mol. The largest absolute Gasteiger partial charge is 0.466 e. The molecule has 0 radical (unpaired) electrons. The number of carbonyl (C=O) groups is 1. The van der Waals surface area contributed by atoms with Crippen molar-refractivity contribution >= 4 is 33.1 Å². The highest BCUT2D eigenvalue weighted by molar-refractivity contribution is 7.79. The van der Waals surface area contributed by atoms with Gasteiger partial charge in [-0.3, -0.25) is 24.0 Å². The van der Waals surface area contributed by atoms with Crippen molar-refractivity contribution in [2.75, 3.05) is 6.61 Å². The van der Waals surface area contributed by atoms with E-state index in [1.165, 1.54) is 12.1 Å². The van der Waals surface area contributed by atoms with E-state index in [9.17, 15) is 14.9 Å². The average Bonchev–Trinajstić information content (AvgIpc) is 2.91. The maximum atomic E-state index is 11.5. The van der Waals surface area contributed by atoms with Gasteiger partial charge in [0.25, 0.3) is 5.69 Å². The second kappa shape index (κ2) is 10.1. The van der Waals surface area contributed by atoms with Crippen molar-refractivity contribution in [3.63, 3.8) is 0 Å². The highest BCUT2D eigenvalue weighted by Gasteiger charge is 2.20. The molecule has 0 aliphatic rings. The van der Waals surface area contributed by atoms with Gasteiger partial charge < -0.3 is 9.30 Å². The van der Waals surface area contributed by atoms with Crippen LogP contribution in [0.15, 0.2) is 18.2 Å². The number of rotatable bonds is 7. The molecule has 0 amide bonds. The fraction of sp³-hybridized carbons (Fsp3) is 0.500. The molecule has 156 valence electrons. The molecule has 2 N–H and O–H groups in total. The summed E-state index contributed by atoms with van der Waals surface area (Å²) in [4.78, 5) is 26.6. The summed E-state index contributed by atoms with van der Waals surface area (Å²) >= 11 is 0. The molecule has 0 fully saturated rings. The van der Waals surface area contributed by atoms with Gasteiger partial charge >= 0.3 is 16.4 Å². The maximum absolute atomic E-state index is 11.5. The minimum Gasteiger partial charge on any atom is -0.466 e. The molecule has 0 bridgehead atoms. The molecule has 11 nitrogen and oxygen atoms in total. The lowest BCUT2D eigenvalue weighted by Crippen LogP contribution is -2.10. The van der Waals surface area contributed by atoms with Gasteiger partial charge in [-0.25, -0.2) is 4.98 Å². The summed E-state index contributed by atoms with van der Waals surface area (Å²) in [5.74, 6) is 0.739. The van der Waals surface area contributed by atoms with Crippen LogP contribution in [0.4, 0.5) is 5.69 Å². The van der Waals surface area contributed by atoms with E-state index >= 15 is 0 Å². The predicted octanol–water partition coefficient (Wildman–Crippen LogP) is 2.67. The Balaban J connectivity index is 0.000000696. The zero-order valence-electron chi connectivity index (χ0n) is 15.7. The first-order valence-electron chi connectivity index (χ1n) is 8.44. The number of aromatic nitrogens is 2. The molecule has 28 heavy (non-hydrogen) atoms. The topological polar surface area (TPSA) is 162 Å². The summed E-state index contributed by atoms with van der Waals surface area (Å²) in [6.45, 7) is 4.21. The van der Waals surface area contributed by atoms with Crippen LogP contribution in [0.3, 0.4) is 0 Å². The summed E-state index contributed by atoms with van der Waals surface area (Å²) in [6.07, 6.45) is 1.82. The molecular formula is C16H23N3O8S. The Kier molecular flexibility index (Phi) is 8.47. The zero-order chi connectivity index (χ0) is 21.5. The van der Waals surface area contributed by atoms with E-state index in [0.29, 0.717) is 19.4 Å². The molecule has 0 aliphatic heterocycles. The van der Waals surface area contributed by atoms with E-state index < -0.39 is 15.3 Å². The lowest BCUT2D eigenvalue weighted by Gasteiger charge is -2.14. The standard InChI is InChI=1S/C16H21N3O4.H2O4S/c1-4-11(6-9-15(20)23-5-2)16-17-13-8-7-12(19(21)22)10-14(13)18(16)3;1-5(2,3)4/h7-8,10-11H,4-6,9H2,1-3H3;(H2,1,2,3,4). The number of ether oxygens (including phenoxy) is 1. The second-order valence-electron chi connectivity index (χ2n) is 5.86. The molecule has 2 rings (SSSR count). The Bertz CT molecular complexity index is 931. The minimum atomic E-state index is -4.67. The van der Waals surface area contributed by atoms with Gasteiger partial charge in [0, 0.05) is 31.5 Å². The highest BCUT2D eigenvalue weighted by atomic mass is 32.3. The molecule has 2 aromatic rings. The van der Waals surface area contributed by atoms with Gasteiger partial charge in [-0.2, -0.15) is 8.42 Å². The molecule has 1 heterocycles. The Labute approximate surface area is 162 Å². The van der Waals surface area contributed by atoms with E-state index in [2.05, 4.69) is 4.98 Å². The van der Waals surface area contributed by atoms with Crippen LogP contribution in [0.5, 0.6) is 0 Å². The van der Waals surface area contributed by atoms with Crippen LogP contribution in [-0.2, 0) is 27.0 Å². The number of nitrogens with zero attached hydrogens (tertiary/aromatic N) is 3. The van der Waals surface area contributed by atoms with Crippen LogP contribution >= 0.6 is 0 Å². The quantitative estimate of drug-likeness (QED) is 0.298. The number of non-ortho nitro benzene ring substituents is 1. The van der Waals surface area contributed by atoms with Crippen LogP contribution in [0.25, 0.3) is 11.0 Å². The van der Waals surface area contributed by atoms with Gasteiger partial charge in [0.1, 0.15) is 5.82 Å². The molecule has 12 heteroatoms. The fourth-order valence-electron chi connectivity index (χ4n) is 2.72. The van der Waals surface area contributed by atoms with Crippen molar-refractivity contribution in [2.24, 2.45) is 7.05 Å². The molecule has 0 spiro atoms. The third-order valence-electron chi connectivity index (χ3n) is 3.97. The van der Waals surface area contributed by atoms with E-state index in [1.807, 2.05) is 18.5 Å². The summed E-state index contributed by atoms with van der Waals surface area (Å²) in [7, 11) is -2.82. The molecule has 1 unspecified atom stereocenters. The Morgan fingerprint density at radius 1 is 1.36 bits per heavy atom. The van der Waals surface area contributed by atoms with Crippen LogP contribution in [0.1, 0.15) is 44.9 Å². The molecular weight excluding hydrogens is 394 g/mol. The third-order valence-corrected chi connectivity index (χ3v) is 3.97. The van der Waals surface area contributed by atoms with Crippen LogP contribution in [0, 0.1) is 10.1 Å². The lowest BCUT2D eigenvalue weighted by atomic mass is 9.99. The number of benzene rings is 1. The zero-order valence-corrected chi connectivity index (χ0v) is 16.5. The van der Waals surface area contributed by atoms with Crippen molar-refractivity contribution in [1.29, 1.82) is 0 Å².